The second-order valence-corrected chi connectivity index (χ2v) is 8.02. The van der Waals surface area contributed by atoms with E-state index >= 15 is 0 Å². The highest BCUT2D eigenvalue weighted by Gasteiger charge is 2.14. The number of anilines is 1. The van der Waals surface area contributed by atoms with Crippen LogP contribution in [0.5, 0.6) is 5.75 Å². The van der Waals surface area contributed by atoms with Gasteiger partial charge in [-0.25, -0.2) is 9.97 Å². The second kappa shape index (κ2) is 7.16. The molecule has 4 rings (SSSR count). The number of nitrogens with zero attached hydrogens (tertiary/aromatic N) is 4. The predicted octanol–water partition coefficient (Wildman–Crippen LogP) is 4.24. The molecule has 0 saturated heterocycles. The molecule has 3 aromatic heterocycles. The summed E-state index contributed by atoms with van der Waals surface area (Å²) in [5.41, 5.74) is 8.11. The first kappa shape index (κ1) is 17.7. The first-order chi connectivity index (χ1) is 13.0. The molecule has 0 bridgehead atoms. The summed E-state index contributed by atoms with van der Waals surface area (Å²) in [5.74, 6) is 2.73. The number of hydrogen-bond donors (Lipinski definition) is 1. The normalized spacial score (nSPS) is 11.2. The Balaban J connectivity index is 1.50. The van der Waals surface area contributed by atoms with Gasteiger partial charge < -0.3 is 14.9 Å². The van der Waals surface area contributed by atoms with Crippen molar-refractivity contribution in [2.75, 3.05) is 12.8 Å². The van der Waals surface area contributed by atoms with Gasteiger partial charge in [0.25, 0.3) is 0 Å². The average molecular weight is 400 g/mol. The van der Waals surface area contributed by atoms with Gasteiger partial charge in [-0.2, -0.15) is 0 Å². The second-order valence-electron chi connectivity index (χ2n) is 5.87. The molecular weight excluding hydrogens is 382 g/mol. The van der Waals surface area contributed by atoms with E-state index in [1.54, 1.807) is 18.4 Å². The molecule has 0 atom stereocenters. The SMILES string of the molecule is COc1ccc(-c2nnc(CSc3nc(N)c4c(C)c(C)sc4n3)o2)cc1. The number of thiophene rings is 1. The molecule has 1 aromatic carbocycles. The zero-order valence-corrected chi connectivity index (χ0v) is 16.6. The minimum atomic E-state index is 0.466. The van der Waals surface area contributed by atoms with Crippen molar-refractivity contribution in [3.63, 3.8) is 0 Å². The summed E-state index contributed by atoms with van der Waals surface area (Å²) in [5, 5.41) is 9.75. The molecule has 27 heavy (non-hydrogen) atoms. The lowest BCUT2D eigenvalue weighted by Gasteiger charge is -2.01. The standard InChI is InChI=1S/C18H17N5O2S2/c1-9-10(2)27-17-14(9)15(19)20-18(21-17)26-8-13-22-23-16(25-13)11-4-6-12(24-3)7-5-11/h4-7H,8H2,1-3H3,(H2,19,20,21). The highest BCUT2D eigenvalue weighted by molar-refractivity contribution is 7.98. The van der Waals surface area contributed by atoms with Crippen molar-refractivity contribution in [3.8, 4) is 17.2 Å². The lowest BCUT2D eigenvalue weighted by molar-refractivity contribution is 0.415. The van der Waals surface area contributed by atoms with Crippen LogP contribution in [0.25, 0.3) is 21.7 Å². The summed E-state index contributed by atoms with van der Waals surface area (Å²) >= 11 is 3.05. The molecule has 0 aliphatic heterocycles. The van der Waals surface area contributed by atoms with E-state index in [-0.39, 0.29) is 0 Å². The maximum atomic E-state index is 6.12. The van der Waals surface area contributed by atoms with Crippen LogP contribution in [0.3, 0.4) is 0 Å². The molecule has 2 N–H and O–H groups in total. The molecule has 3 heterocycles. The Kier molecular flexibility index (Phi) is 4.71. The molecule has 9 heteroatoms. The van der Waals surface area contributed by atoms with Gasteiger partial charge in [0.1, 0.15) is 16.4 Å². The van der Waals surface area contributed by atoms with Gasteiger partial charge in [-0.3, -0.25) is 0 Å². The Labute approximate surface area is 164 Å². The van der Waals surface area contributed by atoms with Gasteiger partial charge >= 0.3 is 0 Å². The van der Waals surface area contributed by atoms with E-state index in [0.29, 0.717) is 28.5 Å². The first-order valence-corrected chi connectivity index (χ1v) is 9.98. The number of aryl methyl sites for hydroxylation is 2. The van der Waals surface area contributed by atoms with Crippen molar-refractivity contribution in [2.45, 2.75) is 24.8 Å². The number of rotatable bonds is 5. The third-order valence-electron chi connectivity index (χ3n) is 4.16. The number of aromatic nitrogens is 4. The minimum absolute atomic E-state index is 0.466. The Morgan fingerprint density at radius 1 is 1.15 bits per heavy atom. The molecule has 0 saturated carbocycles. The third kappa shape index (κ3) is 3.47. The van der Waals surface area contributed by atoms with Crippen LogP contribution in [0, 0.1) is 13.8 Å². The van der Waals surface area contributed by atoms with Crippen molar-refractivity contribution in [3.05, 3.63) is 40.6 Å². The van der Waals surface area contributed by atoms with Gasteiger partial charge in [0.2, 0.25) is 11.8 Å². The van der Waals surface area contributed by atoms with Crippen LogP contribution < -0.4 is 10.5 Å². The fraction of sp³-hybridized carbons (Fsp3) is 0.222. The van der Waals surface area contributed by atoms with Crippen LogP contribution in [0.4, 0.5) is 5.82 Å². The van der Waals surface area contributed by atoms with E-state index in [2.05, 4.69) is 27.1 Å². The topological polar surface area (TPSA) is 100.0 Å². The highest BCUT2D eigenvalue weighted by Crippen LogP contribution is 2.34. The molecule has 0 fully saturated rings. The summed E-state index contributed by atoms with van der Waals surface area (Å²) < 4.78 is 10.9. The monoisotopic (exact) mass is 399 g/mol. The molecule has 0 aliphatic rings. The number of nitrogens with two attached hydrogens (primary N) is 1. The molecule has 7 nitrogen and oxygen atoms in total. The van der Waals surface area contributed by atoms with Crippen LogP contribution >= 0.6 is 23.1 Å². The van der Waals surface area contributed by atoms with Crippen molar-refractivity contribution >= 4 is 39.1 Å². The van der Waals surface area contributed by atoms with Crippen molar-refractivity contribution in [1.29, 1.82) is 0 Å². The van der Waals surface area contributed by atoms with E-state index in [0.717, 1.165) is 27.1 Å². The maximum Gasteiger partial charge on any atom is 0.247 e. The van der Waals surface area contributed by atoms with Crippen LogP contribution in [0.15, 0.2) is 33.8 Å². The van der Waals surface area contributed by atoms with Crippen LogP contribution in [-0.2, 0) is 5.75 Å². The summed E-state index contributed by atoms with van der Waals surface area (Å²) in [6.45, 7) is 4.10. The molecular formula is C18H17N5O2S2. The molecule has 0 spiro atoms. The van der Waals surface area contributed by atoms with E-state index < -0.39 is 0 Å². The summed E-state index contributed by atoms with van der Waals surface area (Å²) in [6.07, 6.45) is 0. The zero-order valence-electron chi connectivity index (χ0n) is 15.0. The molecule has 0 unspecified atom stereocenters. The lowest BCUT2D eigenvalue weighted by atomic mass is 10.2. The molecule has 4 aromatic rings. The fourth-order valence-corrected chi connectivity index (χ4v) is 4.40. The van der Waals surface area contributed by atoms with Crippen LogP contribution in [0.2, 0.25) is 0 Å². The Bertz CT molecular complexity index is 1110. The summed E-state index contributed by atoms with van der Waals surface area (Å²) in [6, 6.07) is 7.46. The molecule has 0 aliphatic carbocycles. The van der Waals surface area contributed by atoms with E-state index in [9.17, 15) is 0 Å². The van der Waals surface area contributed by atoms with Gasteiger partial charge in [0.05, 0.1) is 18.2 Å². The van der Waals surface area contributed by atoms with Crippen molar-refractivity contribution < 1.29 is 9.15 Å². The van der Waals surface area contributed by atoms with Crippen LogP contribution in [0.1, 0.15) is 16.3 Å². The number of fused-ring (bicyclic) bond motifs is 1. The number of methoxy groups -OCH3 is 1. The lowest BCUT2D eigenvalue weighted by Crippen LogP contribution is -1.96. The van der Waals surface area contributed by atoms with Gasteiger partial charge in [0, 0.05) is 10.4 Å². The number of nitrogen functional groups attached to an aromatic ring is 1. The fourth-order valence-electron chi connectivity index (χ4n) is 2.61. The zero-order chi connectivity index (χ0) is 19.0. The Morgan fingerprint density at radius 2 is 1.93 bits per heavy atom. The van der Waals surface area contributed by atoms with E-state index in [4.69, 9.17) is 14.9 Å². The predicted molar refractivity (Wildman–Crippen MR) is 107 cm³/mol. The van der Waals surface area contributed by atoms with E-state index in [1.165, 1.54) is 16.6 Å². The van der Waals surface area contributed by atoms with Gasteiger partial charge in [-0.1, -0.05) is 11.8 Å². The molecule has 0 radical (unpaired) electrons. The average Bonchev–Trinajstić information content (AvgIpc) is 3.25. The maximum absolute atomic E-state index is 6.12. The van der Waals surface area contributed by atoms with Crippen molar-refractivity contribution in [1.82, 2.24) is 20.2 Å². The third-order valence-corrected chi connectivity index (χ3v) is 6.10. The smallest absolute Gasteiger partial charge is 0.247 e. The number of thioether (sulfide) groups is 1. The number of ether oxygens (including phenoxy) is 1. The minimum Gasteiger partial charge on any atom is -0.497 e. The molecule has 138 valence electrons. The van der Waals surface area contributed by atoms with Crippen LogP contribution in [-0.4, -0.2) is 27.3 Å². The number of hydrogen-bond acceptors (Lipinski definition) is 9. The van der Waals surface area contributed by atoms with E-state index in [1.807, 2.05) is 31.2 Å². The van der Waals surface area contributed by atoms with Gasteiger partial charge in [-0.15, -0.1) is 21.5 Å². The van der Waals surface area contributed by atoms with Crippen molar-refractivity contribution in [2.24, 2.45) is 0 Å². The highest BCUT2D eigenvalue weighted by atomic mass is 32.2. The largest absolute Gasteiger partial charge is 0.497 e. The Morgan fingerprint density at radius 3 is 2.67 bits per heavy atom. The van der Waals surface area contributed by atoms with Gasteiger partial charge in [0.15, 0.2) is 5.16 Å². The summed E-state index contributed by atoms with van der Waals surface area (Å²) in [4.78, 5) is 11.1. The first-order valence-electron chi connectivity index (χ1n) is 8.18. The van der Waals surface area contributed by atoms with Gasteiger partial charge in [-0.05, 0) is 43.7 Å². The number of benzene rings is 1. The quantitative estimate of drug-likeness (QED) is 0.393. The summed E-state index contributed by atoms with van der Waals surface area (Å²) in [7, 11) is 1.63. The molecule has 0 amide bonds. The Hall–Kier alpha value is -2.65.